The second-order valence-corrected chi connectivity index (χ2v) is 5.64. The summed E-state index contributed by atoms with van der Waals surface area (Å²) in [5.74, 6) is 0.576. The maximum Gasteiger partial charge on any atom is 0.416 e. The minimum absolute atomic E-state index is 0.310. The molecule has 0 saturated carbocycles. The largest absolute Gasteiger partial charge is 0.416 e. The Labute approximate surface area is 136 Å². The third kappa shape index (κ3) is 2.71. The van der Waals surface area contributed by atoms with Crippen molar-refractivity contribution in [3.8, 4) is 17.0 Å². The van der Waals surface area contributed by atoms with Crippen molar-refractivity contribution in [2.45, 2.75) is 40.2 Å². The van der Waals surface area contributed by atoms with Gasteiger partial charge in [-0.1, -0.05) is 24.3 Å². The first kappa shape index (κ1) is 15.6. The fraction of sp³-hybridized carbons (Fsp3) is 0.444. The SMILES string of the molecule is CCN(CC)C(=O)Oc1c2c(nn1CC)CCc1ccccc1-2. The molecule has 0 atom stereocenters. The highest BCUT2D eigenvalue weighted by atomic mass is 16.6. The zero-order valence-corrected chi connectivity index (χ0v) is 14.0. The molecular weight excluding hydrogens is 290 g/mol. The number of nitrogens with zero attached hydrogens (tertiary/aromatic N) is 3. The van der Waals surface area contributed by atoms with E-state index < -0.39 is 0 Å². The summed E-state index contributed by atoms with van der Waals surface area (Å²) in [6, 6.07) is 8.30. The van der Waals surface area contributed by atoms with Crippen LogP contribution in [0.5, 0.6) is 5.88 Å². The number of rotatable bonds is 4. The van der Waals surface area contributed by atoms with E-state index >= 15 is 0 Å². The average molecular weight is 313 g/mol. The maximum absolute atomic E-state index is 12.4. The minimum atomic E-state index is -0.310. The summed E-state index contributed by atoms with van der Waals surface area (Å²) in [7, 11) is 0. The van der Waals surface area contributed by atoms with E-state index in [4.69, 9.17) is 4.74 Å². The van der Waals surface area contributed by atoms with Crippen LogP contribution in [0, 0.1) is 0 Å². The molecule has 1 aromatic heterocycles. The van der Waals surface area contributed by atoms with Crippen LogP contribution < -0.4 is 4.74 Å². The second kappa shape index (κ2) is 6.44. The Bertz CT molecular complexity index is 717. The zero-order chi connectivity index (χ0) is 16.4. The first-order valence-corrected chi connectivity index (χ1v) is 8.34. The summed E-state index contributed by atoms with van der Waals surface area (Å²) in [6.07, 6.45) is 1.55. The molecule has 1 amide bonds. The molecule has 1 aliphatic carbocycles. The van der Waals surface area contributed by atoms with E-state index in [9.17, 15) is 4.79 Å². The van der Waals surface area contributed by atoms with Crippen LogP contribution in [-0.2, 0) is 19.4 Å². The molecule has 0 bridgehead atoms. The van der Waals surface area contributed by atoms with Crippen LogP contribution in [0.1, 0.15) is 32.0 Å². The van der Waals surface area contributed by atoms with Crippen molar-refractivity contribution < 1.29 is 9.53 Å². The van der Waals surface area contributed by atoms with Crippen molar-refractivity contribution in [2.24, 2.45) is 0 Å². The highest BCUT2D eigenvalue weighted by molar-refractivity contribution is 5.80. The lowest BCUT2D eigenvalue weighted by Gasteiger charge is -2.20. The number of aromatic nitrogens is 2. The lowest BCUT2D eigenvalue weighted by atomic mass is 9.90. The molecule has 23 heavy (non-hydrogen) atoms. The Morgan fingerprint density at radius 3 is 2.65 bits per heavy atom. The van der Waals surface area contributed by atoms with E-state index in [0.29, 0.717) is 25.5 Å². The van der Waals surface area contributed by atoms with E-state index in [2.05, 4.69) is 23.3 Å². The Morgan fingerprint density at radius 1 is 1.22 bits per heavy atom. The number of hydrogen-bond donors (Lipinski definition) is 0. The lowest BCUT2D eigenvalue weighted by molar-refractivity contribution is 0.153. The molecule has 5 heteroatoms. The van der Waals surface area contributed by atoms with Crippen LogP contribution in [0.4, 0.5) is 4.79 Å². The number of carbonyl (C=O) groups is 1. The van der Waals surface area contributed by atoms with Gasteiger partial charge in [-0.15, -0.1) is 0 Å². The topological polar surface area (TPSA) is 47.4 Å². The lowest BCUT2D eigenvalue weighted by Crippen LogP contribution is -2.33. The van der Waals surface area contributed by atoms with Gasteiger partial charge in [-0.2, -0.15) is 5.10 Å². The normalized spacial score (nSPS) is 12.5. The summed E-state index contributed by atoms with van der Waals surface area (Å²) in [4.78, 5) is 14.1. The van der Waals surface area contributed by atoms with Crippen molar-refractivity contribution in [1.29, 1.82) is 0 Å². The molecule has 1 aliphatic rings. The summed E-state index contributed by atoms with van der Waals surface area (Å²) in [6.45, 7) is 7.86. The first-order valence-electron chi connectivity index (χ1n) is 8.34. The van der Waals surface area contributed by atoms with Gasteiger partial charge in [0.05, 0.1) is 11.3 Å². The molecule has 1 aromatic carbocycles. The summed E-state index contributed by atoms with van der Waals surface area (Å²) < 4.78 is 7.56. The van der Waals surface area contributed by atoms with Crippen molar-refractivity contribution in [3.05, 3.63) is 35.5 Å². The number of benzene rings is 1. The summed E-state index contributed by atoms with van der Waals surface area (Å²) in [5, 5.41) is 4.65. The number of hydrogen-bond acceptors (Lipinski definition) is 3. The van der Waals surface area contributed by atoms with Gasteiger partial charge >= 0.3 is 6.09 Å². The number of fused-ring (bicyclic) bond motifs is 3. The van der Waals surface area contributed by atoms with Gasteiger partial charge < -0.3 is 9.64 Å². The predicted molar refractivity (Wildman–Crippen MR) is 89.7 cm³/mol. The van der Waals surface area contributed by atoms with Crippen LogP contribution in [0.25, 0.3) is 11.1 Å². The summed E-state index contributed by atoms with van der Waals surface area (Å²) in [5.41, 5.74) is 4.42. The van der Waals surface area contributed by atoms with Crippen molar-refractivity contribution in [1.82, 2.24) is 14.7 Å². The molecule has 0 radical (unpaired) electrons. The van der Waals surface area contributed by atoms with E-state index in [1.807, 2.05) is 26.8 Å². The molecule has 0 saturated heterocycles. The highest BCUT2D eigenvalue weighted by Gasteiger charge is 2.27. The van der Waals surface area contributed by atoms with Crippen molar-refractivity contribution in [2.75, 3.05) is 13.1 Å². The Morgan fingerprint density at radius 2 is 1.96 bits per heavy atom. The van der Waals surface area contributed by atoms with E-state index in [1.54, 1.807) is 9.58 Å². The van der Waals surface area contributed by atoms with Gasteiger partial charge in [-0.3, -0.25) is 0 Å². The third-order valence-corrected chi connectivity index (χ3v) is 4.40. The molecule has 1 heterocycles. The van der Waals surface area contributed by atoms with Gasteiger partial charge in [0.25, 0.3) is 0 Å². The Balaban J connectivity index is 2.05. The molecule has 0 N–H and O–H groups in total. The molecule has 3 rings (SSSR count). The molecule has 2 aromatic rings. The van der Waals surface area contributed by atoms with Gasteiger partial charge in [0, 0.05) is 19.6 Å². The van der Waals surface area contributed by atoms with Crippen LogP contribution >= 0.6 is 0 Å². The van der Waals surface area contributed by atoms with Gasteiger partial charge in [-0.05, 0) is 44.7 Å². The summed E-state index contributed by atoms with van der Waals surface area (Å²) >= 11 is 0. The number of amides is 1. The van der Waals surface area contributed by atoms with Gasteiger partial charge in [0.2, 0.25) is 5.88 Å². The van der Waals surface area contributed by atoms with E-state index in [0.717, 1.165) is 29.7 Å². The van der Waals surface area contributed by atoms with Crippen LogP contribution in [0.15, 0.2) is 24.3 Å². The fourth-order valence-corrected chi connectivity index (χ4v) is 3.12. The molecule has 0 aliphatic heterocycles. The zero-order valence-electron chi connectivity index (χ0n) is 14.0. The second-order valence-electron chi connectivity index (χ2n) is 5.64. The Hall–Kier alpha value is -2.30. The molecule has 0 unspecified atom stereocenters. The standard InChI is InChI=1S/C18H23N3O2/c1-4-20(5-2)18(22)23-17-16-14-10-8-7-9-13(14)11-12-15(16)19-21(17)6-3/h7-10H,4-6,11-12H2,1-3H3. The minimum Gasteiger partial charge on any atom is -0.391 e. The molecular formula is C18H23N3O2. The van der Waals surface area contributed by atoms with E-state index in [-0.39, 0.29) is 6.09 Å². The number of carbonyl (C=O) groups excluding carboxylic acids is 1. The number of aryl methyl sites for hydroxylation is 3. The Kier molecular flexibility index (Phi) is 4.37. The van der Waals surface area contributed by atoms with E-state index in [1.165, 1.54) is 5.56 Å². The van der Waals surface area contributed by atoms with Crippen molar-refractivity contribution >= 4 is 6.09 Å². The highest BCUT2D eigenvalue weighted by Crippen LogP contribution is 2.40. The number of ether oxygens (including phenoxy) is 1. The fourth-order valence-electron chi connectivity index (χ4n) is 3.12. The molecule has 0 fully saturated rings. The molecule has 0 spiro atoms. The third-order valence-electron chi connectivity index (χ3n) is 4.40. The first-order chi connectivity index (χ1) is 11.2. The molecule has 122 valence electrons. The smallest absolute Gasteiger partial charge is 0.391 e. The maximum atomic E-state index is 12.4. The van der Waals surface area contributed by atoms with Crippen LogP contribution in [0.2, 0.25) is 0 Å². The monoisotopic (exact) mass is 313 g/mol. The average Bonchev–Trinajstić information content (AvgIpc) is 2.94. The van der Waals surface area contributed by atoms with Gasteiger partial charge in [0.1, 0.15) is 0 Å². The molecule has 5 nitrogen and oxygen atoms in total. The van der Waals surface area contributed by atoms with Crippen LogP contribution in [0.3, 0.4) is 0 Å². The van der Waals surface area contributed by atoms with Gasteiger partial charge in [-0.25, -0.2) is 9.48 Å². The van der Waals surface area contributed by atoms with Crippen molar-refractivity contribution in [3.63, 3.8) is 0 Å². The quantitative estimate of drug-likeness (QED) is 0.868. The predicted octanol–water partition coefficient (Wildman–Crippen LogP) is 3.51. The van der Waals surface area contributed by atoms with Crippen LogP contribution in [-0.4, -0.2) is 33.9 Å². The van der Waals surface area contributed by atoms with Gasteiger partial charge in [0.15, 0.2) is 0 Å².